The zero-order valence-corrected chi connectivity index (χ0v) is 11.7. The third-order valence-electron chi connectivity index (χ3n) is 2.95. The van der Waals surface area contributed by atoms with Gasteiger partial charge in [0.05, 0.1) is 23.9 Å². The molecule has 6 nitrogen and oxygen atoms in total. The van der Waals surface area contributed by atoms with Crippen molar-refractivity contribution in [3.63, 3.8) is 0 Å². The fraction of sp³-hybridized carbons (Fsp3) is 0.0625. The van der Waals surface area contributed by atoms with Crippen molar-refractivity contribution >= 4 is 23.5 Å². The molecule has 0 bridgehead atoms. The fourth-order valence-electron chi connectivity index (χ4n) is 1.88. The highest BCUT2D eigenvalue weighted by atomic mass is 16.5. The predicted octanol–water partition coefficient (Wildman–Crippen LogP) is 2.42. The normalized spacial score (nSPS) is 9.86. The molecule has 2 aromatic rings. The molecule has 0 atom stereocenters. The number of carbonyl (C=O) groups is 3. The Kier molecular flexibility index (Phi) is 4.53. The summed E-state index contributed by atoms with van der Waals surface area (Å²) in [6.07, 6.45) is 0. The van der Waals surface area contributed by atoms with Gasteiger partial charge in [-0.25, -0.2) is 9.59 Å². The maximum Gasteiger partial charge on any atom is 0.337 e. The number of methoxy groups -OCH3 is 1. The Morgan fingerprint density at radius 1 is 1.00 bits per heavy atom. The van der Waals surface area contributed by atoms with Gasteiger partial charge in [-0.3, -0.25) is 4.79 Å². The average molecular weight is 299 g/mol. The summed E-state index contributed by atoms with van der Waals surface area (Å²) in [5, 5.41) is 11.6. The summed E-state index contributed by atoms with van der Waals surface area (Å²) < 4.78 is 4.59. The molecule has 0 fully saturated rings. The Bertz CT molecular complexity index is 739. The van der Waals surface area contributed by atoms with Crippen molar-refractivity contribution in [3.8, 4) is 0 Å². The maximum absolute atomic E-state index is 12.2. The third kappa shape index (κ3) is 3.29. The van der Waals surface area contributed by atoms with Crippen molar-refractivity contribution in [1.29, 1.82) is 0 Å². The van der Waals surface area contributed by atoms with Gasteiger partial charge in [-0.05, 0) is 30.3 Å². The third-order valence-corrected chi connectivity index (χ3v) is 2.95. The molecular weight excluding hydrogens is 286 g/mol. The molecule has 0 unspecified atom stereocenters. The number of anilines is 1. The molecule has 1 amide bonds. The highest BCUT2D eigenvalue weighted by Gasteiger charge is 2.14. The largest absolute Gasteiger partial charge is 0.478 e. The van der Waals surface area contributed by atoms with E-state index in [1.807, 2.05) is 0 Å². The van der Waals surface area contributed by atoms with Gasteiger partial charge in [0.15, 0.2) is 0 Å². The lowest BCUT2D eigenvalue weighted by Crippen LogP contribution is -2.15. The van der Waals surface area contributed by atoms with Crippen LogP contribution in [0.1, 0.15) is 31.1 Å². The molecule has 22 heavy (non-hydrogen) atoms. The molecule has 0 radical (unpaired) electrons. The number of hydrogen-bond donors (Lipinski definition) is 2. The highest BCUT2D eigenvalue weighted by molar-refractivity contribution is 6.08. The first-order valence-corrected chi connectivity index (χ1v) is 6.35. The molecule has 0 saturated heterocycles. The van der Waals surface area contributed by atoms with Crippen LogP contribution in [0.3, 0.4) is 0 Å². The van der Waals surface area contributed by atoms with Gasteiger partial charge in [0, 0.05) is 5.56 Å². The quantitative estimate of drug-likeness (QED) is 0.846. The van der Waals surface area contributed by atoms with Crippen LogP contribution in [0, 0.1) is 0 Å². The van der Waals surface area contributed by atoms with Crippen LogP contribution in [0.2, 0.25) is 0 Å². The molecule has 112 valence electrons. The minimum absolute atomic E-state index is 0.0139. The lowest BCUT2D eigenvalue weighted by molar-refractivity contribution is 0.0599. The molecule has 0 aliphatic heterocycles. The highest BCUT2D eigenvalue weighted by Crippen LogP contribution is 2.16. The molecule has 0 aromatic heterocycles. The summed E-state index contributed by atoms with van der Waals surface area (Å²) in [6, 6.07) is 12.0. The number of ether oxygens (including phenoxy) is 1. The number of carbonyl (C=O) groups excluding carboxylic acids is 2. The second-order valence-electron chi connectivity index (χ2n) is 4.38. The number of para-hydroxylation sites is 1. The van der Waals surface area contributed by atoms with Gasteiger partial charge in [0.25, 0.3) is 5.91 Å². The summed E-state index contributed by atoms with van der Waals surface area (Å²) in [7, 11) is 1.25. The molecule has 0 spiro atoms. The average Bonchev–Trinajstić information content (AvgIpc) is 2.54. The summed E-state index contributed by atoms with van der Waals surface area (Å²) in [6.45, 7) is 0. The first-order valence-electron chi connectivity index (χ1n) is 6.35. The molecule has 2 aromatic carbocycles. The maximum atomic E-state index is 12.2. The topological polar surface area (TPSA) is 92.7 Å². The number of benzene rings is 2. The second kappa shape index (κ2) is 6.53. The standard InChI is InChI=1S/C16H13NO5/c1-22-16(21)11-6-4-5-10(9-11)14(18)17-13-8-3-2-7-12(13)15(19)20/h2-9H,1H3,(H,17,18)(H,19,20). The van der Waals surface area contributed by atoms with Crippen molar-refractivity contribution < 1.29 is 24.2 Å². The van der Waals surface area contributed by atoms with Crippen LogP contribution in [-0.4, -0.2) is 30.1 Å². The molecule has 0 aliphatic rings. The van der Waals surface area contributed by atoms with E-state index in [1.165, 1.54) is 37.4 Å². The van der Waals surface area contributed by atoms with Gasteiger partial charge < -0.3 is 15.2 Å². The Balaban J connectivity index is 2.27. The number of carboxylic acids is 1. The minimum Gasteiger partial charge on any atom is -0.478 e. The van der Waals surface area contributed by atoms with E-state index in [9.17, 15) is 14.4 Å². The zero-order valence-electron chi connectivity index (χ0n) is 11.7. The monoisotopic (exact) mass is 299 g/mol. The SMILES string of the molecule is COC(=O)c1cccc(C(=O)Nc2ccccc2C(=O)O)c1. The van der Waals surface area contributed by atoms with Crippen molar-refractivity contribution in [2.24, 2.45) is 0 Å². The predicted molar refractivity (Wildman–Crippen MR) is 79.1 cm³/mol. The fourth-order valence-corrected chi connectivity index (χ4v) is 1.88. The molecular formula is C16H13NO5. The van der Waals surface area contributed by atoms with E-state index in [-0.39, 0.29) is 22.4 Å². The van der Waals surface area contributed by atoms with Crippen LogP contribution in [0.4, 0.5) is 5.69 Å². The summed E-state index contributed by atoms with van der Waals surface area (Å²) in [5.74, 6) is -2.21. The van der Waals surface area contributed by atoms with E-state index in [4.69, 9.17) is 5.11 Å². The molecule has 2 N–H and O–H groups in total. The van der Waals surface area contributed by atoms with Crippen LogP contribution < -0.4 is 5.32 Å². The van der Waals surface area contributed by atoms with Crippen molar-refractivity contribution in [1.82, 2.24) is 0 Å². The van der Waals surface area contributed by atoms with Crippen LogP contribution >= 0.6 is 0 Å². The van der Waals surface area contributed by atoms with Crippen LogP contribution in [0.25, 0.3) is 0 Å². The molecule has 0 heterocycles. The van der Waals surface area contributed by atoms with Crippen LogP contribution in [0.15, 0.2) is 48.5 Å². The van der Waals surface area contributed by atoms with Gasteiger partial charge in [-0.15, -0.1) is 0 Å². The van der Waals surface area contributed by atoms with Gasteiger partial charge in [0.1, 0.15) is 0 Å². The van der Waals surface area contributed by atoms with E-state index >= 15 is 0 Å². The van der Waals surface area contributed by atoms with Crippen LogP contribution in [0.5, 0.6) is 0 Å². The molecule has 6 heteroatoms. The van der Waals surface area contributed by atoms with Crippen molar-refractivity contribution in [2.45, 2.75) is 0 Å². The number of esters is 1. The minimum atomic E-state index is -1.14. The van der Waals surface area contributed by atoms with Crippen LogP contribution in [-0.2, 0) is 4.74 Å². The van der Waals surface area contributed by atoms with E-state index in [1.54, 1.807) is 18.2 Å². The Morgan fingerprint density at radius 3 is 2.36 bits per heavy atom. The summed E-state index contributed by atoms with van der Waals surface area (Å²) >= 11 is 0. The Labute approximate surface area is 126 Å². The van der Waals surface area contributed by atoms with E-state index in [0.717, 1.165) is 0 Å². The van der Waals surface area contributed by atoms with Crippen molar-refractivity contribution in [3.05, 3.63) is 65.2 Å². The molecule has 2 rings (SSSR count). The lowest BCUT2D eigenvalue weighted by Gasteiger charge is -2.09. The second-order valence-corrected chi connectivity index (χ2v) is 4.38. The molecule has 0 saturated carbocycles. The number of carboxylic acid groups (broad SMARTS) is 1. The first-order chi connectivity index (χ1) is 10.5. The van der Waals surface area contributed by atoms with E-state index in [0.29, 0.717) is 0 Å². The number of aromatic carboxylic acids is 1. The van der Waals surface area contributed by atoms with E-state index < -0.39 is 17.8 Å². The first kappa shape index (κ1) is 15.2. The zero-order chi connectivity index (χ0) is 16.1. The van der Waals surface area contributed by atoms with Gasteiger partial charge in [0.2, 0.25) is 0 Å². The van der Waals surface area contributed by atoms with Gasteiger partial charge in [-0.1, -0.05) is 18.2 Å². The lowest BCUT2D eigenvalue weighted by atomic mass is 10.1. The summed E-state index contributed by atoms with van der Waals surface area (Å²) in [4.78, 5) is 34.8. The number of nitrogens with one attached hydrogen (secondary N) is 1. The van der Waals surface area contributed by atoms with Crippen molar-refractivity contribution in [2.75, 3.05) is 12.4 Å². The number of hydrogen-bond acceptors (Lipinski definition) is 4. The van der Waals surface area contributed by atoms with Gasteiger partial charge >= 0.3 is 11.9 Å². The Hall–Kier alpha value is -3.15. The number of rotatable bonds is 4. The van der Waals surface area contributed by atoms with E-state index in [2.05, 4.69) is 10.1 Å². The summed E-state index contributed by atoms with van der Waals surface area (Å²) in [5.41, 5.74) is 0.633. The molecule has 0 aliphatic carbocycles. The number of amides is 1. The Morgan fingerprint density at radius 2 is 1.68 bits per heavy atom. The smallest absolute Gasteiger partial charge is 0.337 e. The van der Waals surface area contributed by atoms with Gasteiger partial charge in [-0.2, -0.15) is 0 Å².